The molecule has 0 saturated carbocycles. The number of fused-ring (bicyclic) bond motifs is 3. The highest BCUT2D eigenvalue weighted by atomic mass is 16.2. The van der Waals surface area contributed by atoms with E-state index in [0.29, 0.717) is 23.7 Å². The molecule has 1 amide bonds. The number of rotatable bonds is 6. The van der Waals surface area contributed by atoms with Crippen LogP contribution in [-0.2, 0) is 4.79 Å². The van der Waals surface area contributed by atoms with Crippen molar-refractivity contribution < 1.29 is 4.79 Å². The molecule has 3 fully saturated rings. The summed E-state index contributed by atoms with van der Waals surface area (Å²) in [6.07, 6.45) is 9.64. The minimum absolute atomic E-state index is 0.129. The number of hydrogen-bond acceptors (Lipinski definition) is 9. The Balaban J connectivity index is 0.932. The van der Waals surface area contributed by atoms with Gasteiger partial charge in [-0.1, -0.05) is 12.1 Å². The maximum absolute atomic E-state index is 13.4. The molecule has 0 radical (unpaired) electrons. The van der Waals surface area contributed by atoms with Gasteiger partial charge in [0.2, 0.25) is 11.9 Å². The fraction of sp³-hybridized carbons (Fsp3) is 0.545. The Morgan fingerprint density at radius 1 is 0.841 bits per heavy atom. The van der Waals surface area contributed by atoms with Crippen molar-refractivity contribution in [3.63, 3.8) is 0 Å². The smallest absolute Gasteiger partial charge is 0.228 e. The number of amides is 1. The van der Waals surface area contributed by atoms with Crippen molar-refractivity contribution >= 4 is 45.2 Å². The molecular formula is C33H44N10O. The Hall–Kier alpha value is -3.83. The van der Waals surface area contributed by atoms with E-state index < -0.39 is 0 Å². The molecule has 0 atom stereocenters. The van der Waals surface area contributed by atoms with E-state index in [1.165, 1.54) is 0 Å². The molecule has 3 aliphatic heterocycles. The van der Waals surface area contributed by atoms with Crippen LogP contribution in [0.25, 0.3) is 21.8 Å². The topological polar surface area (TPSA) is 98.5 Å². The molecule has 11 heteroatoms. The summed E-state index contributed by atoms with van der Waals surface area (Å²) in [5.74, 6) is 1.70. The molecule has 1 N–H and O–H groups in total. The number of likely N-dealkylation sites (tertiary alicyclic amines) is 1. The number of pyridine rings is 1. The van der Waals surface area contributed by atoms with E-state index in [2.05, 4.69) is 73.0 Å². The Kier molecular flexibility index (Phi) is 8.07. The van der Waals surface area contributed by atoms with Crippen LogP contribution in [0.3, 0.4) is 0 Å². The second-order valence-electron chi connectivity index (χ2n) is 13.0. The lowest BCUT2D eigenvalue weighted by Crippen LogP contribution is -2.53. The summed E-state index contributed by atoms with van der Waals surface area (Å²) in [6, 6.07) is 9.04. The second kappa shape index (κ2) is 12.3. The van der Waals surface area contributed by atoms with Gasteiger partial charge >= 0.3 is 0 Å². The maximum atomic E-state index is 13.4. The lowest BCUT2D eigenvalue weighted by molar-refractivity contribution is -0.137. The van der Waals surface area contributed by atoms with E-state index in [-0.39, 0.29) is 12.0 Å². The zero-order valence-corrected chi connectivity index (χ0v) is 26.2. The van der Waals surface area contributed by atoms with Gasteiger partial charge in [-0.2, -0.15) is 5.10 Å². The first-order valence-corrected chi connectivity index (χ1v) is 16.3. The standard InChI is InChI=1S/C33H44N10O/c1-23(2)43-31-26(21-36-43)5-4-25-20-35-33(38-30(25)31)37-29-7-6-28(22-34-29)40-12-8-24(9-13-40)32(44)42-14-10-27(11-15-42)41-18-16-39(3)17-19-41/h4-7,20-24,27H,8-19H2,1-3H3,(H,34,35,37,38). The number of likely N-dealkylation sites (N-methyl/N-ethyl adjacent to an activating group) is 1. The van der Waals surface area contributed by atoms with Gasteiger partial charge in [-0.15, -0.1) is 0 Å². The summed E-state index contributed by atoms with van der Waals surface area (Å²) in [6.45, 7) is 12.4. The van der Waals surface area contributed by atoms with Crippen LogP contribution in [-0.4, -0.2) is 111 Å². The highest BCUT2D eigenvalue weighted by Gasteiger charge is 2.33. The van der Waals surface area contributed by atoms with Crippen molar-refractivity contribution in [1.82, 2.24) is 39.4 Å². The van der Waals surface area contributed by atoms with E-state index >= 15 is 0 Å². The number of anilines is 3. The number of carbonyl (C=O) groups is 1. The van der Waals surface area contributed by atoms with Crippen LogP contribution in [0.2, 0.25) is 0 Å². The lowest BCUT2D eigenvalue weighted by atomic mass is 9.93. The summed E-state index contributed by atoms with van der Waals surface area (Å²) in [5.41, 5.74) is 2.97. The van der Waals surface area contributed by atoms with Crippen molar-refractivity contribution in [1.29, 1.82) is 0 Å². The van der Waals surface area contributed by atoms with Crippen LogP contribution in [0.5, 0.6) is 0 Å². The molecule has 0 bridgehead atoms. The third kappa shape index (κ3) is 5.82. The minimum Gasteiger partial charge on any atom is -0.370 e. The molecule has 3 aromatic heterocycles. The van der Waals surface area contributed by atoms with Gasteiger partial charge in [0.05, 0.1) is 23.6 Å². The van der Waals surface area contributed by atoms with Crippen LogP contribution in [0.4, 0.5) is 17.5 Å². The third-order valence-corrected chi connectivity index (χ3v) is 9.82. The highest BCUT2D eigenvalue weighted by Crippen LogP contribution is 2.29. The van der Waals surface area contributed by atoms with E-state index in [1.807, 2.05) is 35.4 Å². The summed E-state index contributed by atoms with van der Waals surface area (Å²) in [7, 11) is 2.20. The first-order chi connectivity index (χ1) is 21.4. The summed E-state index contributed by atoms with van der Waals surface area (Å²) >= 11 is 0. The molecule has 4 aromatic rings. The minimum atomic E-state index is 0.129. The predicted molar refractivity (Wildman–Crippen MR) is 174 cm³/mol. The number of aromatic nitrogens is 5. The number of hydrogen-bond donors (Lipinski definition) is 1. The Labute approximate surface area is 259 Å². The van der Waals surface area contributed by atoms with E-state index in [1.54, 1.807) is 0 Å². The van der Waals surface area contributed by atoms with Crippen molar-refractivity contribution in [2.24, 2.45) is 5.92 Å². The molecule has 232 valence electrons. The monoisotopic (exact) mass is 596 g/mol. The SMILES string of the molecule is CC(C)n1ncc2ccc3cnc(Nc4ccc(N5CCC(C(=O)N6CCC(N7CCN(C)CC7)CC6)CC5)cn4)nc3c21. The molecule has 3 saturated heterocycles. The quantitative estimate of drug-likeness (QED) is 0.352. The Morgan fingerprint density at radius 2 is 1.59 bits per heavy atom. The predicted octanol–water partition coefficient (Wildman–Crippen LogP) is 4.15. The largest absolute Gasteiger partial charge is 0.370 e. The number of carbonyl (C=O) groups excluding carboxylic acids is 1. The molecule has 3 aliphatic rings. The van der Waals surface area contributed by atoms with Gasteiger partial charge in [0, 0.05) is 87.3 Å². The number of benzene rings is 1. The fourth-order valence-corrected chi connectivity index (χ4v) is 7.12. The van der Waals surface area contributed by atoms with Crippen LogP contribution < -0.4 is 10.2 Å². The van der Waals surface area contributed by atoms with Crippen LogP contribution >= 0.6 is 0 Å². The average Bonchev–Trinajstić information content (AvgIpc) is 3.51. The number of nitrogens with one attached hydrogen (secondary N) is 1. The Bertz CT molecular complexity index is 1590. The molecule has 11 nitrogen and oxygen atoms in total. The number of piperazine rings is 1. The molecule has 0 unspecified atom stereocenters. The third-order valence-electron chi connectivity index (χ3n) is 9.82. The van der Waals surface area contributed by atoms with Crippen molar-refractivity contribution in [3.05, 3.63) is 42.9 Å². The van der Waals surface area contributed by atoms with Gasteiger partial charge < -0.3 is 20.0 Å². The molecule has 44 heavy (non-hydrogen) atoms. The van der Waals surface area contributed by atoms with E-state index in [0.717, 1.165) is 106 Å². The average molecular weight is 597 g/mol. The fourth-order valence-electron chi connectivity index (χ4n) is 7.12. The highest BCUT2D eigenvalue weighted by molar-refractivity contribution is 6.03. The Morgan fingerprint density at radius 3 is 2.30 bits per heavy atom. The van der Waals surface area contributed by atoms with Gasteiger partial charge in [0.25, 0.3) is 0 Å². The van der Waals surface area contributed by atoms with Crippen molar-refractivity contribution in [3.8, 4) is 0 Å². The second-order valence-corrected chi connectivity index (χ2v) is 13.0. The molecule has 0 spiro atoms. The van der Waals surface area contributed by atoms with Crippen LogP contribution in [0, 0.1) is 5.92 Å². The summed E-state index contributed by atoms with van der Waals surface area (Å²) in [4.78, 5) is 37.0. The molecule has 0 aliphatic carbocycles. The van der Waals surface area contributed by atoms with Crippen LogP contribution in [0.15, 0.2) is 42.9 Å². The van der Waals surface area contributed by atoms with E-state index in [9.17, 15) is 4.79 Å². The lowest BCUT2D eigenvalue weighted by Gasteiger charge is -2.43. The van der Waals surface area contributed by atoms with Crippen molar-refractivity contribution in [2.75, 3.05) is 69.6 Å². The first-order valence-electron chi connectivity index (χ1n) is 16.3. The van der Waals surface area contributed by atoms with Crippen LogP contribution in [0.1, 0.15) is 45.6 Å². The van der Waals surface area contributed by atoms with Gasteiger partial charge in [-0.3, -0.25) is 14.4 Å². The molecule has 6 heterocycles. The number of nitrogens with zero attached hydrogens (tertiary/aromatic N) is 9. The van der Waals surface area contributed by atoms with Crippen molar-refractivity contribution in [2.45, 2.75) is 51.6 Å². The molecular weight excluding hydrogens is 552 g/mol. The summed E-state index contributed by atoms with van der Waals surface area (Å²) < 4.78 is 2.01. The van der Waals surface area contributed by atoms with E-state index in [4.69, 9.17) is 4.98 Å². The normalized spacial score (nSPS) is 19.8. The molecule has 7 rings (SSSR count). The molecule has 1 aromatic carbocycles. The maximum Gasteiger partial charge on any atom is 0.228 e. The van der Waals surface area contributed by atoms with Gasteiger partial charge in [-0.25, -0.2) is 15.0 Å². The van der Waals surface area contributed by atoms with Gasteiger partial charge in [0.15, 0.2) is 0 Å². The first kappa shape index (κ1) is 28.9. The van der Waals surface area contributed by atoms with Gasteiger partial charge in [-0.05, 0) is 58.7 Å². The number of piperidine rings is 2. The zero-order valence-electron chi connectivity index (χ0n) is 26.2. The zero-order chi connectivity index (χ0) is 30.2. The summed E-state index contributed by atoms with van der Waals surface area (Å²) in [5, 5.41) is 9.89. The van der Waals surface area contributed by atoms with Gasteiger partial charge in [0.1, 0.15) is 11.3 Å².